The number of hydrogen-bond acceptors (Lipinski definition) is 3. The fraction of sp³-hybridized carbons (Fsp3) is 0.800. The first-order valence-electron chi connectivity index (χ1n) is 9.82. The number of hydrogen-bond donors (Lipinski definition) is 2. The summed E-state index contributed by atoms with van der Waals surface area (Å²) in [5.41, 5.74) is 0. The molecule has 0 fully saturated rings. The molecule has 0 saturated heterocycles. The van der Waals surface area contributed by atoms with Crippen LogP contribution >= 0.6 is 0 Å². The molecular formula is C20H38N2O. The summed E-state index contributed by atoms with van der Waals surface area (Å²) in [6, 6.07) is 0. The lowest BCUT2D eigenvalue weighted by atomic mass is 10.1. The van der Waals surface area contributed by atoms with Crippen LogP contribution in [0, 0.1) is 0 Å². The van der Waals surface area contributed by atoms with Gasteiger partial charge in [-0.2, -0.15) is 0 Å². The summed E-state index contributed by atoms with van der Waals surface area (Å²) in [6.07, 6.45) is 25.1. The number of β-amino-alcohol motifs (C(OH)–C–C–N with tert-alkyl or cyclic N) is 1. The number of nitrogens with zero attached hydrogens (tertiary/aromatic N) is 1. The van der Waals surface area contributed by atoms with Crippen LogP contribution in [0.4, 0.5) is 0 Å². The second-order valence-electron chi connectivity index (χ2n) is 6.63. The fourth-order valence-electron chi connectivity index (χ4n) is 3.11. The predicted octanol–water partition coefficient (Wildman–Crippen LogP) is 4.94. The lowest BCUT2D eigenvalue weighted by molar-refractivity contribution is 0.196. The summed E-state index contributed by atoms with van der Waals surface area (Å²) in [5, 5.41) is 12.3. The van der Waals surface area contributed by atoms with E-state index in [1.165, 1.54) is 64.2 Å². The third-order valence-corrected chi connectivity index (χ3v) is 4.56. The smallest absolute Gasteiger partial charge is 0.0985 e. The molecular weight excluding hydrogens is 284 g/mol. The van der Waals surface area contributed by atoms with E-state index in [2.05, 4.69) is 29.3 Å². The Balaban J connectivity index is 1.85. The van der Waals surface area contributed by atoms with Crippen molar-refractivity contribution in [3.63, 3.8) is 0 Å². The second-order valence-corrected chi connectivity index (χ2v) is 6.63. The minimum atomic E-state index is 0.219. The minimum Gasteiger partial charge on any atom is -0.395 e. The molecule has 1 aliphatic rings. The summed E-state index contributed by atoms with van der Waals surface area (Å²) in [5.74, 6) is 0. The molecule has 1 rings (SSSR count). The molecule has 1 unspecified atom stereocenters. The van der Waals surface area contributed by atoms with Crippen LogP contribution in [-0.2, 0) is 0 Å². The van der Waals surface area contributed by atoms with Gasteiger partial charge in [0.15, 0.2) is 0 Å². The van der Waals surface area contributed by atoms with Crippen LogP contribution < -0.4 is 5.32 Å². The van der Waals surface area contributed by atoms with E-state index in [1.807, 2.05) is 12.4 Å². The standard InChI is InChI=1S/C20H38N2O/c1-2-3-4-5-6-7-8-9-10-11-12-13-14-15-20-21-16-17-22(20)18-19-23/h12-13,16-17,20-21,23H,2-11,14-15,18-19H2,1H3/b13-12+. The number of rotatable bonds is 15. The van der Waals surface area contributed by atoms with E-state index in [-0.39, 0.29) is 6.61 Å². The van der Waals surface area contributed by atoms with Crippen molar-refractivity contribution < 1.29 is 5.11 Å². The molecule has 1 atom stereocenters. The fourth-order valence-corrected chi connectivity index (χ4v) is 3.11. The molecule has 0 amide bonds. The molecule has 0 aromatic heterocycles. The van der Waals surface area contributed by atoms with Crippen molar-refractivity contribution in [1.29, 1.82) is 0 Å². The van der Waals surface area contributed by atoms with Gasteiger partial charge in [0.05, 0.1) is 12.8 Å². The highest BCUT2D eigenvalue weighted by molar-refractivity contribution is 4.95. The number of nitrogens with one attached hydrogen (secondary N) is 1. The van der Waals surface area contributed by atoms with Gasteiger partial charge in [0, 0.05) is 18.9 Å². The van der Waals surface area contributed by atoms with E-state index in [0.29, 0.717) is 6.17 Å². The number of unbranched alkanes of at least 4 members (excludes halogenated alkanes) is 9. The first-order chi connectivity index (χ1) is 11.4. The molecule has 23 heavy (non-hydrogen) atoms. The number of aliphatic hydroxyl groups is 1. The maximum atomic E-state index is 9.01. The maximum Gasteiger partial charge on any atom is 0.0985 e. The summed E-state index contributed by atoms with van der Waals surface area (Å²) >= 11 is 0. The number of allylic oxidation sites excluding steroid dienone is 2. The molecule has 0 aromatic carbocycles. The molecule has 0 bridgehead atoms. The van der Waals surface area contributed by atoms with Crippen LogP contribution in [0.15, 0.2) is 24.6 Å². The molecule has 3 heteroatoms. The van der Waals surface area contributed by atoms with Crippen molar-refractivity contribution in [2.24, 2.45) is 0 Å². The summed E-state index contributed by atoms with van der Waals surface area (Å²) in [6.45, 7) is 3.22. The van der Waals surface area contributed by atoms with Gasteiger partial charge in [0.2, 0.25) is 0 Å². The topological polar surface area (TPSA) is 35.5 Å². The average Bonchev–Trinajstić information content (AvgIpc) is 2.99. The van der Waals surface area contributed by atoms with Gasteiger partial charge in [0.25, 0.3) is 0 Å². The Morgan fingerprint density at radius 2 is 1.61 bits per heavy atom. The van der Waals surface area contributed by atoms with Crippen molar-refractivity contribution in [3.05, 3.63) is 24.6 Å². The Labute approximate surface area is 143 Å². The van der Waals surface area contributed by atoms with Crippen molar-refractivity contribution in [1.82, 2.24) is 10.2 Å². The quantitative estimate of drug-likeness (QED) is 0.331. The zero-order valence-electron chi connectivity index (χ0n) is 15.2. The Morgan fingerprint density at radius 3 is 2.30 bits per heavy atom. The van der Waals surface area contributed by atoms with Gasteiger partial charge in [-0.15, -0.1) is 0 Å². The van der Waals surface area contributed by atoms with Crippen LogP contribution in [0.5, 0.6) is 0 Å². The van der Waals surface area contributed by atoms with Crippen molar-refractivity contribution in [2.45, 2.75) is 90.1 Å². The molecule has 0 spiro atoms. The maximum absolute atomic E-state index is 9.01. The molecule has 0 saturated carbocycles. The van der Waals surface area contributed by atoms with E-state index >= 15 is 0 Å². The van der Waals surface area contributed by atoms with Crippen molar-refractivity contribution in [3.8, 4) is 0 Å². The van der Waals surface area contributed by atoms with E-state index in [9.17, 15) is 0 Å². The van der Waals surface area contributed by atoms with E-state index in [0.717, 1.165) is 19.4 Å². The Hall–Kier alpha value is -0.960. The zero-order chi connectivity index (χ0) is 16.6. The number of aliphatic hydroxyl groups excluding tert-OH is 1. The largest absolute Gasteiger partial charge is 0.395 e. The molecule has 3 nitrogen and oxygen atoms in total. The van der Waals surface area contributed by atoms with Crippen LogP contribution in [-0.4, -0.2) is 29.3 Å². The van der Waals surface area contributed by atoms with Crippen molar-refractivity contribution >= 4 is 0 Å². The van der Waals surface area contributed by atoms with Gasteiger partial charge in [-0.05, 0) is 25.7 Å². The van der Waals surface area contributed by atoms with Crippen molar-refractivity contribution in [2.75, 3.05) is 13.2 Å². The van der Waals surface area contributed by atoms with E-state index in [1.54, 1.807) is 0 Å². The van der Waals surface area contributed by atoms with Crippen LogP contribution in [0.1, 0.15) is 84.0 Å². The molecule has 0 radical (unpaired) electrons. The highest BCUT2D eigenvalue weighted by Crippen LogP contribution is 2.12. The van der Waals surface area contributed by atoms with Gasteiger partial charge in [-0.1, -0.05) is 70.4 Å². The zero-order valence-corrected chi connectivity index (χ0v) is 15.2. The third-order valence-electron chi connectivity index (χ3n) is 4.56. The van der Waals surface area contributed by atoms with Gasteiger partial charge in [-0.25, -0.2) is 0 Å². The first-order valence-corrected chi connectivity index (χ1v) is 9.82. The lowest BCUT2D eigenvalue weighted by Crippen LogP contribution is -2.36. The molecule has 134 valence electrons. The second kappa shape index (κ2) is 14.6. The lowest BCUT2D eigenvalue weighted by Gasteiger charge is -2.24. The van der Waals surface area contributed by atoms with Gasteiger partial charge in [0.1, 0.15) is 0 Å². The summed E-state index contributed by atoms with van der Waals surface area (Å²) in [4.78, 5) is 2.17. The molecule has 0 aliphatic carbocycles. The Morgan fingerprint density at radius 1 is 0.957 bits per heavy atom. The first kappa shape index (κ1) is 20.1. The van der Waals surface area contributed by atoms with Crippen LogP contribution in [0.25, 0.3) is 0 Å². The third kappa shape index (κ3) is 10.4. The molecule has 1 aliphatic heterocycles. The minimum absolute atomic E-state index is 0.219. The van der Waals surface area contributed by atoms with Gasteiger partial charge >= 0.3 is 0 Å². The summed E-state index contributed by atoms with van der Waals surface area (Å²) < 4.78 is 0. The van der Waals surface area contributed by atoms with Gasteiger partial charge in [-0.3, -0.25) is 0 Å². The van der Waals surface area contributed by atoms with E-state index < -0.39 is 0 Å². The van der Waals surface area contributed by atoms with E-state index in [4.69, 9.17) is 5.11 Å². The SMILES string of the molecule is CCCCCCCCCCC/C=C/CCC1NC=CN1CCO. The molecule has 2 N–H and O–H groups in total. The molecule has 1 heterocycles. The Bertz CT molecular complexity index is 315. The summed E-state index contributed by atoms with van der Waals surface area (Å²) in [7, 11) is 0. The predicted molar refractivity (Wildman–Crippen MR) is 100 cm³/mol. The highest BCUT2D eigenvalue weighted by atomic mass is 16.3. The highest BCUT2D eigenvalue weighted by Gasteiger charge is 2.16. The van der Waals surface area contributed by atoms with Crippen LogP contribution in [0.2, 0.25) is 0 Å². The molecule has 0 aromatic rings. The Kier molecular flexibility index (Phi) is 12.8. The average molecular weight is 323 g/mol. The monoisotopic (exact) mass is 322 g/mol. The van der Waals surface area contributed by atoms with Gasteiger partial charge < -0.3 is 15.3 Å². The normalized spacial score (nSPS) is 17.3. The van der Waals surface area contributed by atoms with Crippen LogP contribution in [0.3, 0.4) is 0 Å².